The minimum atomic E-state index is 0.758. The number of imidazole rings is 1. The third kappa shape index (κ3) is 4.15. The summed E-state index contributed by atoms with van der Waals surface area (Å²) in [6.45, 7) is 5.18. The largest absolute Gasteiger partial charge is 0.497 e. The fourth-order valence-corrected chi connectivity index (χ4v) is 4.13. The van der Waals surface area contributed by atoms with Gasteiger partial charge in [0.1, 0.15) is 11.4 Å². The fraction of sp³-hybridized carbons (Fsp3) is 0.318. The second-order valence-corrected chi connectivity index (χ2v) is 7.93. The van der Waals surface area contributed by atoms with Gasteiger partial charge in [0.25, 0.3) is 0 Å². The molecular weight excluding hydrogens is 382 g/mol. The van der Waals surface area contributed by atoms with Gasteiger partial charge in [-0.15, -0.1) is 10.2 Å². The molecule has 0 unspecified atom stereocenters. The topological polar surface area (TPSA) is 57.2 Å². The summed E-state index contributed by atoms with van der Waals surface area (Å²) in [6.07, 6.45) is 6.33. The molecule has 0 atom stereocenters. The number of rotatable bonds is 8. The Morgan fingerprint density at radius 3 is 2.66 bits per heavy atom. The summed E-state index contributed by atoms with van der Waals surface area (Å²) in [7, 11) is 1.67. The van der Waals surface area contributed by atoms with E-state index < -0.39 is 0 Å². The maximum Gasteiger partial charge on any atom is 0.191 e. The summed E-state index contributed by atoms with van der Waals surface area (Å²) in [5.41, 5.74) is 4.27. The Balaban J connectivity index is 1.58. The smallest absolute Gasteiger partial charge is 0.191 e. The van der Waals surface area contributed by atoms with Gasteiger partial charge in [-0.05, 0) is 49.2 Å². The molecule has 150 valence electrons. The molecule has 0 aliphatic heterocycles. The number of benzene rings is 1. The van der Waals surface area contributed by atoms with Crippen LogP contribution >= 0.6 is 11.8 Å². The second kappa shape index (κ2) is 8.69. The standard InChI is InChI=1S/C22H25N5OS/c1-4-5-13-27-21(17-8-10-19(28-3)11-9-17)24-25-22(27)29-15-18-14-26-12-6-7-16(2)20(26)23-18/h6-12,14H,4-5,13,15H2,1-3H3. The maximum absolute atomic E-state index is 5.27. The molecule has 3 heterocycles. The zero-order chi connectivity index (χ0) is 20.2. The number of hydrogen-bond donors (Lipinski definition) is 0. The zero-order valence-electron chi connectivity index (χ0n) is 17.0. The van der Waals surface area contributed by atoms with Crippen molar-refractivity contribution in [1.29, 1.82) is 0 Å². The lowest BCUT2D eigenvalue weighted by molar-refractivity contribution is 0.415. The van der Waals surface area contributed by atoms with Gasteiger partial charge in [-0.1, -0.05) is 31.2 Å². The molecule has 4 rings (SSSR count). The lowest BCUT2D eigenvalue weighted by atomic mass is 10.2. The first-order valence-electron chi connectivity index (χ1n) is 9.83. The van der Waals surface area contributed by atoms with Gasteiger partial charge in [0, 0.05) is 30.3 Å². The van der Waals surface area contributed by atoms with Crippen LogP contribution < -0.4 is 4.74 Å². The van der Waals surface area contributed by atoms with Gasteiger partial charge in [-0.2, -0.15) is 0 Å². The molecule has 3 aromatic heterocycles. The summed E-state index contributed by atoms with van der Waals surface area (Å²) >= 11 is 1.68. The number of pyridine rings is 1. The van der Waals surface area contributed by atoms with E-state index in [4.69, 9.17) is 9.72 Å². The van der Waals surface area contributed by atoms with Crippen LogP contribution in [0.25, 0.3) is 17.0 Å². The van der Waals surface area contributed by atoms with Crippen LogP contribution in [0.3, 0.4) is 0 Å². The van der Waals surface area contributed by atoms with Gasteiger partial charge in [-0.3, -0.25) is 0 Å². The van der Waals surface area contributed by atoms with E-state index in [9.17, 15) is 0 Å². The molecule has 0 N–H and O–H groups in total. The Morgan fingerprint density at radius 1 is 1.10 bits per heavy atom. The second-order valence-electron chi connectivity index (χ2n) is 6.98. The quantitative estimate of drug-likeness (QED) is 0.385. The summed E-state index contributed by atoms with van der Waals surface area (Å²) in [4.78, 5) is 4.77. The van der Waals surface area contributed by atoms with Crippen molar-refractivity contribution in [2.45, 2.75) is 44.1 Å². The van der Waals surface area contributed by atoms with Gasteiger partial charge in [0.05, 0.1) is 12.8 Å². The number of ether oxygens (including phenoxy) is 1. The van der Waals surface area contributed by atoms with Gasteiger partial charge < -0.3 is 13.7 Å². The Morgan fingerprint density at radius 2 is 1.93 bits per heavy atom. The molecule has 1 aromatic carbocycles. The van der Waals surface area contributed by atoms with Crippen LogP contribution in [0.15, 0.2) is 53.9 Å². The number of aromatic nitrogens is 5. The van der Waals surface area contributed by atoms with Crippen molar-refractivity contribution in [3.8, 4) is 17.1 Å². The number of aryl methyl sites for hydroxylation is 1. The van der Waals surface area contributed by atoms with E-state index in [0.717, 1.165) is 58.8 Å². The third-order valence-electron chi connectivity index (χ3n) is 4.88. The minimum Gasteiger partial charge on any atom is -0.497 e. The van der Waals surface area contributed by atoms with Gasteiger partial charge in [0.15, 0.2) is 11.0 Å². The van der Waals surface area contributed by atoms with Crippen molar-refractivity contribution in [2.24, 2.45) is 0 Å². The normalized spacial score (nSPS) is 11.3. The number of nitrogens with zero attached hydrogens (tertiary/aromatic N) is 5. The summed E-state index contributed by atoms with van der Waals surface area (Å²) in [6, 6.07) is 12.1. The van der Waals surface area contributed by atoms with Crippen molar-refractivity contribution in [1.82, 2.24) is 24.1 Å². The molecule has 0 radical (unpaired) electrons. The molecule has 0 amide bonds. The van der Waals surface area contributed by atoms with E-state index in [1.54, 1.807) is 18.9 Å². The van der Waals surface area contributed by atoms with E-state index in [-0.39, 0.29) is 0 Å². The van der Waals surface area contributed by atoms with E-state index in [1.807, 2.05) is 36.5 Å². The SMILES string of the molecule is CCCCn1c(SCc2cn3cccc(C)c3n2)nnc1-c1ccc(OC)cc1. The number of methoxy groups -OCH3 is 1. The van der Waals surface area contributed by atoms with Crippen LogP contribution in [0, 0.1) is 6.92 Å². The molecule has 0 saturated heterocycles. The number of fused-ring (bicyclic) bond motifs is 1. The van der Waals surface area contributed by atoms with E-state index in [1.165, 1.54) is 5.56 Å². The van der Waals surface area contributed by atoms with Crippen molar-refractivity contribution < 1.29 is 4.74 Å². The highest BCUT2D eigenvalue weighted by atomic mass is 32.2. The van der Waals surface area contributed by atoms with Gasteiger partial charge >= 0.3 is 0 Å². The summed E-state index contributed by atoms with van der Waals surface area (Å²) < 4.78 is 9.57. The predicted molar refractivity (Wildman–Crippen MR) is 116 cm³/mol. The van der Waals surface area contributed by atoms with Gasteiger partial charge in [-0.25, -0.2) is 4.98 Å². The first-order chi connectivity index (χ1) is 14.2. The van der Waals surface area contributed by atoms with Crippen LogP contribution in [0.1, 0.15) is 31.0 Å². The highest BCUT2D eigenvalue weighted by Gasteiger charge is 2.15. The Labute approximate surface area is 175 Å². The lowest BCUT2D eigenvalue weighted by Gasteiger charge is -2.09. The van der Waals surface area contributed by atoms with Crippen molar-refractivity contribution in [2.75, 3.05) is 7.11 Å². The third-order valence-corrected chi connectivity index (χ3v) is 5.88. The number of hydrogen-bond acceptors (Lipinski definition) is 5. The van der Waals surface area contributed by atoms with Crippen LogP contribution in [-0.4, -0.2) is 31.3 Å². The van der Waals surface area contributed by atoms with Crippen molar-refractivity contribution >= 4 is 17.4 Å². The Bertz CT molecular complexity index is 1100. The van der Waals surface area contributed by atoms with E-state index in [0.29, 0.717) is 0 Å². The molecule has 0 aliphatic rings. The maximum atomic E-state index is 5.27. The minimum absolute atomic E-state index is 0.758. The van der Waals surface area contributed by atoms with Gasteiger partial charge in [0.2, 0.25) is 0 Å². The zero-order valence-corrected chi connectivity index (χ0v) is 17.8. The number of thioether (sulfide) groups is 1. The van der Waals surface area contributed by atoms with Crippen LogP contribution in [0.2, 0.25) is 0 Å². The first kappa shape index (κ1) is 19.5. The molecule has 6 nitrogen and oxygen atoms in total. The summed E-state index contributed by atoms with van der Waals surface area (Å²) in [5.74, 6) is 2.49. The Hall–Kier alpha value is -2.80. The van der Waals surface area contributed by atoms with Crippen LogP contribution in [0.5, 0.6) is 5.75 Å². The Kier molecular flexibility index (Phi) is 5.85. The average molecular weight is 408 g/mol. The molecular formula is C22H25N5OS. The fourth-order valence-electron chi connectivity index (χ4n) is 3.28. The molecule has 0 saturated carbocycles. The molecule has 0 spiro atoms. The van der Waals surface area contributed by atoms with Crippen molar-refractivity contribution in [3.63, 3.8) is 0 Å². The molecule has 4 aromatic rings. The van der Waals surface area contributed by atoms with E-state index in [2.05, 4.69) is 45.3 Å². The predicted octanol–water partition coefficient (Wildman–Crippen LogP) is 5.00. The average Bonchev–Trinajstić information content (AvgIpc) is 3.35. The highest BCUT2D eigenvalue weighted by Crippen LogP contribution is 2.28. The van der Waals surface area contributed by atoms with Crippen LogP contribution in [-0.2, 0) is 12.3 Å². The lowest BCUT2D eigenvalue weighted by Crippen LogP contribution is -2.02. The van der Waals surface area contributed by atoms with Crippen LogP contribution in [0.4, 0.5) is 0 Å². The molecule has 7 heteroatoms. The van der Waals surface area contributed by atoms with E-state index >= 15 is 0 Å². The molecule has 0 fully saturated rings. The first-order valence-corrected chi connectivity index (χ1v) is 10.8. The molecule has 29 heavy (non-hydrogen) atoms. The molecule has 0 bridgehead atoms. The summed E-state index contributed by atoms with van der Waals surface area (Å²) in [5, 5.41) is 9.90. The number of unbranched alkanes of at least 4 members (excludes halogenated alkanes) is 1. The monoisotopic (exact) mass is 407 g/mol. The highest BCUT2D eigenvalue weighted by molar-refractivity contribution is 7.98. The van der Waals surface area contributed by atoms with Crippen molar-refractivity contribution in [3.05, 3.63) is 60.0 Å². The molecule has 0 aliphatic carbocycles.